The van der Waals surface area contributed by atoms with Crippen molar-refractivity contribution >= 4 is 23.1 Å². The predicted molar refractivity (Wildman–Crippen MR) is 148 cm³/mol. The fourth-order valence-corrected chi connectivity index (χ4v) is 6.21. The number of methoxy groups -OCH3 is 2. The summed E-state index contributed by atoms with van der Waals surface area (Å²) in [6.07, 6.45) is 1.72. The molecule has 0 saturated heterocycles. The second-order valence-corrected chi connectivity index (χ2v) is 10.5. The summed E-state index contributed by atoms with van der Waals surface area (Å²) in [6.45, 7) is 2.13. The van der Waals surface area contributed by atoms with E-state index in [-0.39, 0.29) is 18.3 Å². The summed E-state index contributed by atoms with van der Waals surface area (Å²) in [5, 5.41) is 5.46. The number of nitrogens with one attached hydrogen (secondary N) is 1. The zero-order chi connectivity index (χ0) is 26.6. The van der Waals surface area contributed by atoms with Crippen molar-refractivity contribution in [3.05, 3.63) is 105 Å². The van der Waals surface area contributed by atoms with E-state index < -0.39 is 11.9 Å². The van der Waals surface area contributed by atoms with Crippen molar-refractivity contribution in [1.29, 1.82) is 0 Å². The van der Waals surface area contributed by atoms with Gasteiger partial charge in [0.25, 0.3) is 0 Å². The van der Waals surface area contributed by atoms with Gasteiger partial charge in [-0.2, -0.15) is 0 Å². The number of Topliss-reactive ketones (excluding diaryl/α,β-unsaturated/α-hetero) is 1. The van der Waals surface area contributed by atoms with Crippen LogP contribution in [-0.2, 0) is 20.7 Å². The van der Waals surface area contributed by atoms with Gasteiger partial charge in [0.05, 0.1) is 26.4 Å². The number of carbonyl (C=O) groups excluding carboxylic acids is 2. The summed E-state index contributed by atoms with van der Waals surface area (Å²) in [6, 6.07) is 19.6. The Hall–Kier alpha value is -3.84. The number of ketones is 1. The summed E-state index contributed by atoms with van der Waals surface area (Å²) in [5.41, 5.74) is 4.54. The normalized spacial score (nSPS) is 19.1. The zero-order valence-corrected chi connectivity index (χ0v) is 22.6. The molecular weight excluding hydrogens is 498 g/mol. The Morgan fingerprint density at radius 1 is 1.00 bits per heavy atom. The Morgan fingerprint density at radius 3 is 2.50 bits per heavy atom. The number of carbonyl (C=O) groups is 2. The second kappa shape index (κ2) is 11.3. The highest BCUT2D eigenvalue weighted by Crippen LogP contribution is 2.47. The molecule has 2 heterocycles. The molecule has 0 amide bonds. The van der Waals surface area contributed by atoms with Crippen LogP contribution in [0.15, 0.2) is 88.6 Å². The van der Waals surface area contributed by atoms with Crippen LogP contribution >= 0.6 is 11.3 Å². The van der Waals surface area contributed by atoms with Gasteiger partial charge in [0.1, 0.15) is 0 Å². The van der Waals surface area contributed by atoms with Crippen LogP contribution in [0.3, 0.4) is 0 Å². The Kier molecular flexibility index (Phi) is 7.65. The van der Waals surface area contributed by atoms with Crippen LogP contribution in [0.25, 0.3) is 0 Å². The van der Waals surface area contributed by atoms with Gasteiger partial charge in [0, 0.05) is 46.5 Å². The molecule has 0 radical (unpaired) electrons. The Bertz CT molecular complexity index is 1390. The molecule has 6 nitrogen and oxygen atoms in total. The van der Waals surface area contributed by atoms with Crippen molar-refractivity contribution in [3.8, 4) is 11.5 Å². The zero-order valence-electron chi connectivity index (χ0n) is 21.8. The summed E-state index contributed by atoms with van der Waals surface area (Å²) in [5.74, 6) is 0.295. The third-order valence-electron chi connectivity index (χ3n) is 7.20. The Labute approximate surface area is 226 Å². The highest BCUT2D eigenvalue weighted by molar-refractivity contribution is 7.10. The fraction of sp³-hybridized carbons (Fsp3) is 0.290. The van der Waals surface area contributed by atoms with E-state index >= 15 is 0 Å². The van der Waals surface area contributed by atoms with E-state index in [1.165, 1.54) is 4.88 Å². The van der Waals surface area contributed by atoms with Gasteiger partial charge in [0.15, 0.2) is 17.3 Å². The van der Waals surface area contributed by atoms with Crippen molar-refractivity contribution in [3.63, 3.8) is 0 Å². The first kappa shape index (κ1) is 25.8. The maximum absolute atomic E-state index is 13.7. The van der Waals surface area contributed by atoms with E-state index in [2.05, 4.69) is 11.4 Å². The van der Waals surface area contributed by atoms with E-state index in [4.69, 9.17) is 14.2 Å². The van der Waals surface area contributed by atoms with Crippen LogP contribution in [0.1, 0.15) is 47.6 Å². The summed E-state index contributed by atoms with van der Waals surface area (Å²) < 4.78 is 16.8. The first-order valence-corrected chi connectivity index (χ1v) is 13.6. The van der Waals surface area contributed by atoms with Gasteiger partial charge in [-0.1, -0.05) is 42.5 Å². The monoisotopic (exact) mass is 529 g/mol. The highest BCUT2D eigenvalue weighted by Gasteiger charge is 2.41. The Morgan fingerprint density at radius 2 is 1.79 bits per heavy atom. The third kappa shape index (κ3) is 5.11. The average molecular weight is 530 g/mol. The molecule has 7 heteroatoms. The number of ether oxygens (including phenoxy) is 3. The lowest BCUT2D eigenvalue weighted by Crippen LogP contribution is -2.36. The van der Waals surface area contributed by atoms with Gasteiger partial charge < -0.3 is 19.5 Å². The second-order valence-electron chi connectivity index (χ2n) is 9.52. The van der Waals surface area contributed by atoms with Gasteiger partial charge in [-0.15, -0.1) is 11.3 Å². The van der Waals surface area contributed by atoms with Gasteiger partial charge in [-0.3, -0.25) is 4.79 Å². The van der Waals surface area contributed by atoms with E-state index in [0.717, 1.165) is 16.8 Å². The number of thiophene rings is 1. The average Bonchev–Trinajstić information content (AvgIpc) is 3.47. The van der Waals surface area contributed by atoms with Gasteiger partial charge >= 0.3 is 5.97 Å². The lowest BCUT2D eigenvalue weighted by atomic mass is 9.72. The van der Waals surface area contributed by atoms with Gasteiger partial charge in [-0.25, -0.2) is 4.79 Å². The minimum Gasteiger partial charge on any atom is -0.493 e. The maximum atomic E-state index is 13.7. The smallest absolute Gasteiger partial charge is 0.336 e. The summed E-state index contributed by atoms with van der Waals surface area (Å²) in [4.78, 5) is 28.5. The van der Waals surface area contributed by atoms with Crippen LogP contribution in [0.5, 0.6) is 11.5 Å². The van der Waals surface area contributed by atoms with Crippen molar-refractivity contribution < 1.29 is 23.8 Å². The SMILES string of the molecule is COc1ccc([C@H]2C(C(=O)OCCc3ccccc3)=C(C)NC3=C2C(=O)C[C@@H](c2cccs2)C3)cc1OC. The number of esters is 1. The maximum Gasteiger partial charge on any atom is 0.336 e. The van der Waals surface area contributed by atoms with Gasteiger partial charge in [0.2, 0.25) is 0 Å². The standard InChI is InChI=1S/C31H31NO5S/c1-19-28(31(34)37-14-13-20-8-5-4-6-9-20)29(21-11-12-25(35-2)26(18-21)36-3)30-23(32-19)16-22(17-24(30)33)27-10-7-15-38-27/h4-12,15,18,22,29,32H,13-14,16-17H2,1-3H3/t22-,29-/m0/s1. The summed E-state index contributed by atoms with van der Waals surface area (Å²) >= 11 is 1.67. The molecule has 0 saturated carbocycles. The highest BCUT2D eigenvalue weighted by atomic mass is 32.1. The van der Waals surface area contributed by atoms with E-state index in [1.807, 2.05) is 66.9 Å². The minimum absolute atomic E-state index is 0.0408. The molecule has 0 fully saturated rings. The molecule has 196 valence electrons. The minimum atomic E-state index is -0.563. The molecule has 1 aliphatic carbocycles. The molecule has 2 aliphatic rings. The van der Waals surface area contributed by atoms with Crippen molar-refractivity contribution in [2.24, 2.45) is 0 Å². The lowest BCUT2D eigenvalue weighted by molar-refractivity contribution is -0.139. The van der Waals surface area contributed by atoms with E-state index in [0.29, 0.717) is 47.6 Å². The van der Waals surface area contributed by atoms with Crippen molar-refractivity contribution in [2.45, 2.75) is 38.0 Å². The molecule has 3 aromatic rings. The Balaban J connectivity index is 1.50. The van der Waals surface area contributed by atoms with Crippen molar-refractivity contribution in [2.75, 3.05) is 20.8 Å². The molecule has 5 rings (SSSR count). The number of allylic oxidation sites excluding steroid dienone is 3. The molecule has 1 aliphatic heterocycles. The third-order valence-corrected chi connectivity index (χ3v) is 8.24. The molecule has 2 aromatic carbocycles. The molecule has 38 heavy (non-hydrogen) atoms. The molecule has 0 bridgehead atoms. The first-order chi connectivity index (χ1) is 18.5. The van der Waals surface area contributed by atoms with Crippen LogP contribution in [-0.4, -0.2) is 32.6 Å². The largest absolute Gasteiger partial charge is 0.493 e. The molecule has 0 unspecified atom stereocenters. The molecule has 2 atom stereocenters. The van der Waals surface area contributed by atoms with Crippen LogP contribution in [0.4, 0.5) is 0 Å². The van der Waals surface area contributed by atoms with E-state index in [9.17, 15) is 9.59 Å². The van der Waals surface area contributed by atoms with Crippen LogP contribution < -0.4 is 14.8 Å². The molecule has 1 N–H and O–H groups in total. The van der Waals surface area contributed by atoms with Crippen LogP contribution in [0, 0.1) is 0 Å². The number of benzene rings is 2. The number of hydrogen-bond donors (Lipinski definition) is 1. The van der Waals surface area contributed by atoms with Crippen LogP contribution in [0.2, 0.25) is 0 Å². The predicted octanol–water partition coefficient (Wildman–Crippen LogP) is 5.91. The van der Waals surface area contributed by atoms with Crippen molar-refractivity contribution in [1.82, 2.24) is 5.32 Å². The van der Waals surface area contributed by atoms with E-state index in [1.54, 1.807) is 25.6 Å². The topological polar surface area (TPSA) is 73.9 Å². The quantitative estimate of drug-likeness (QED) is 0.366. The molecule has 1 aromatic heterocycles. The first-order valence-electron chi connectivity index (χ1n) is 12.7. The van der Waals surface area contributed by atoms with Gasteiger partial charge in [-0.05, 0) is 48.1 Å². The number of dihydropyridines is 1. The molecular formula is C31H31NO5S. The summed E-state index contributed by atoms with van der Waals surface area (Å²) in [7, 11) is 3.16. The number of rotatable bonds is 8. The molecule has 0 spiro atoms. The lowest BCUT2D eigenvalue weighted by Gasteiger charge is -2.36. The fourth-order valence-electron chi connectivity index (χ4n) is 5.38. The number of hydrogen-bond acceptors (Lipinski definition) is 7.